The van der Waals surface area contributed by atoms with E-state index >= 15 is 0 Å². The molecule has 346 valence electrons. The predicted molar refractivity (Wildman–Crippen MR) is 260 cm³/mol. The van der Waals surface area contributed by atoms with E-state index in [1.54, 1.807) is 0 Å². The number of rotatable bonds is 43. The molecule has 0 aliphatic heterocycles. The van der Waals surface area contributed by atoms with E-state index in [1.165, 1.54) is 44.9 Å². The van der Waals surface area contributed by atoms with Crippen molar-refractivity contribution in [1.29, 1.82) is 0 Å². The zero-order valence-corrected chi connectivity index (χ0v) is 39.4. The van der Waals surface area contributed by atoms with Gasteiger partial charge in [0.1, 0.15) is 13.2 Å². The van der Waals surface area contributed by atoms with Gasteiger partial charge in [-0.15, -0.1) is 0 Å². The quantitative estimate of drug-likeness (QED) is 0.0263. The van der Waals surface area contributed by atoms with E-state index in [2.05, 4.69) is 118 Å². The summed E-state index contributed by atoms with van der Waals surface area (Å²) in [4.78, 5) is 37.9. The van der Waals surface area contributed by atoms with Crippen LogP contribution in [0.5, 0.6) is 0 Å². The highest BCUT2D eigenvalue weighted by Gasteiger charge is 2.19. The first kappa shape index (κ1) is 57.3. The largest absolute Gasteiger partial charge is 0.462 e. The molecule has 1 atom stereocenters. The van der Waals surface area contributed by atoms with Crippen LogP contribution in [0.3, 0.4) is 0 Å². The van der Waals surface area contributed by atoms with Gasteiger partial charge in [-0.1, -0.05) is 195 Å². The molecule has 61 heavy (non-hydrogen) atoms. The van der Waals surface area contributed by atoms with Gasteiger partial charge in [0.25, 0.3) is 0 Å². The van der Waals surface area contributed by atoms with Gasteiger partial charge in [0.05, 0.1) is 0 Å². The highest BCUT2D eigenvalue weighted by molar-refractivity contribution is 5.71. The molecule has 0 radical (unpaired) electrons. The van der Waals surface area contributed by atoms with Crippen LogP contribution in [0.25, 0.3) is 0 Å². The minimum Gasteiger partial charge on any atom is -0.462 e. The number of carbonyl (C=O) groups is 3. The molecule has 0 aliphatic carbocycles. The third kappa shape index (κ3) is 47.2. The summed E-state index contributed by atoms with van der Waals surface area (Å²) < 4.78 is 16.7. The maximum absolute atomic E-state index is 12.8. The Morgan fingerprint density at radius 1 is 0.344 bits per heavy atom. The second-order valence-corrected chi connectivity index (χ2v) is 16.0. The van der Waals surface area contributed by atoms with Crippen LogP contribution in [0.15, 0.2) is 97.2 Å². The molecule has 6 heteroatoms. The highest BCUT2D eigenvalue weighted by atomic mass is 16.6. The third-order valence-electron chi connectivity index (χ3n) is 10.1. The van der Waals surface area contributed by atoms with Gasteiger partial charge >= 0.3 is 17.9 Å². The molecule has 0 aromatic rings. The summed E-state index contributed by atoms with van der Waals surface area (Å²) in [5.74, 6) is -0.960. The highest BCUT2D eigenvalue weighted by Crippen LogP contribution is 2.13. The van der Waals surface area contributed by atoms with Gasteiger partial charge in [-0.05, 0) is 96.3 Å². The second kappa shape index (κ2) is 49.0. The van der Waals surface area contributed by atoms with E-state index in [-0.39, 0.29) is 31.1 Å². The molecule has 0 aliphatic rings. The molecular weight excluding hydrogens is 757 g/mol. The second-order valence-electron chi connectivity index (χ2n) is 16.0. The minimum atomic E-state index is -0.801. The standard InChI is InChI=1S/C55H90O6/c1-4-7-10-13-16-19-22-24-26-27-28-29-30-32-33-36-39-42-45-48-54(57)60-51-52(50-59-53(56)47-44-41-38-35-21-18-15-12-9-6-3)61-55(58)49-46-43-40-37-34-31-25-23-20-17-14-11-8-5-2/h7-8,10-11,16-17,19-20,24-26,28-29,31-33,52H,4-6,9,12-15,18,21-23,27,30,34-51H2,1-3H3/b10-7-,11-8-,19-16-,20-17-,26-24-,29-28-,31-25-,33-32-. The molecule has 0 heterocycles. The number of hydrogen-bond donors (Lipinski definition) is 0. The van der Waals surface area contributed by atoms with Gasteiger partial charge in [-0.3, -0.25) is 14.4 Å². The number of esters is 3. The Kier molecular flexibility index (Phi) is 46.0. The van der Waals surface area contributed by atoms with Gasteiger partial charge in [0, 0.05) is 19.3 Å². The summed E-state index contributed by atoms with van der Waals surface area (Å²) in [7, 11) is 0. The Morgan fingerprint density at radius 2 is 0.639 bits per heavy atom. The lowest BCUT2D eigenvalue weighted by Crippen LogP contribution is -2.30. The Balaban J connectivity index is 4.46. The van der Waals surface area contributed by atoms with Crippen LogP contribution >= 0.6 is 0 Å². The Labute approximate surface area is 375 Å². The summed E-state index contributed by atoms with van der Waals surface area (Å²) in [5.41, 5.74) is 0. The molecular formula is C55H90O6. The summed E-state index contributed by atoms with van der Waals surface area (Å²) >= 11 is 0. The first-order valence-electron chi connectivity index (χ1n) is 24.7. The molecule has 0 fully saturated rings. The van der Waals surface area contributed by atoms with Crippen LogP contribution in [0.1, 0.15) is 213 Å². The average molecular weight is 847 g/mol. The van der Waals surface area contributed by atoms with E-state index in [9.17, 15) is 14.4 Å². The van der Waals surface area contributed by atoms with E-state index in [0.29, 0.717) is 19.3 Å². The van der Waals surface area contributed by atoms with Crippen molar-refractivity contribution in [2.75, 3.05) is 13.2 Å². The van der Waals surface area contributed by atoms with Crippen molar-refractivity contribution >= 4 is 17.9 Å². The number of hydrogen-bond acceptors (Lipinski definition) is 6. The molecule has 0 N–H and O–H groups in total. The molecule has 0 spiro atoms. The maximum atomic E-state index is 12.8. The maximum Gasteiger partial charge on any atom is 0.306 e. The topological polar surface area (TPSA) is 78.9 Å². The average Bonchev–Trinajstić information content (AvgIpc) is 3.26. The molecule has 1 unspecified atom stereocenters. The SMILES string of the molecule is CC/C=C\C/C=C\C/C=C\C/C=C\C/C=C\CCCCCC(=O)OCC(COC(=O)CCCCCCCCCCCC)OC(=O)CCCCCC/C=C\C/C=C\C/C=C\CC. The van der Waals surface area contributed by atoms with Gasteiger partial charge in [-0.2, -0.15) is 0 Å². The van der Waals surface area contributed by atoms with E-state index < -0.39 is 6.10 Å². The Bertz CT molecular complexity index is 1250. The van der Waals surface area contributed by atoms with Crippen molar-refractivity contribution in [3.8, 4) is 0 Å². The third-order valence-corrected chi connectivity index (χ3v) is 10.1. The summed E-state index contributed by atoms with van der Waals surface area (Å²) in [6.07, 6.45) is 63.9. The Morgan fingerprint density at radius 3 is 1.02 bits per heavy atom. The summed E-state index contributed by atoms with van der Waals surface area (Å²) in [6.45, 7) is 6.33. The first-order chi connectivity index (χ1) is 30.0. The van der Waals surface area contributed by atoms with Crippen LogP contribution in [0, 0.1) is 0 Å². The summed E-state index contributed by atoms with van der Waals surface area (Å²) in [5, 5.41) is 0. The molecule has 0 saturated heterocycles. The van der Waals surface area contributed by atoms with Crippen LogP contribution in [-0.2, 0) is 28.6 Å². The fraction of sp³-hybridized carbons (Fsp3) is 0.655. The van der Waals surface area contributed by atoms with E-state index in [1.807, 2.05) is 0 Å². The molecule has 0 bridgehead atoms. The van der Waals surface area contributed by atoms with Gasteiger partial charge in [0.15, 0.2) is 6.10 Å². The van der Waals surface area contributed by atoms with Crippen molar-refractivity contribution in [3.05, 3.63) is 97.2 Å². The molecule has 0 amide bonds. The van der Waals surface area contributed by atoms with Crippen molar-refractivity contribution in [3.63, 3.8) is 0 Å². The number of allylic oxidation sites excluding steroid dienone is 16. The fourth-order valence-corrected chi connectivity index (χ4v) is 6.42. The lowest BCUT2D eigenvalue weighted by atomic mass is 10.1. The molecule has 0 rings (SSSR count). The van der Waals surface area contributed by atoms with E-state index in [4.69, 9.17) is 14.2 Å². The van der Waals surface area contributed by atoms with Crippen LogP contribution in [0.2, 0.25) is 0 Å². The molecule has 6 nitrogen and oxygen atoms in total. The van der Waals surface area contributed by atoms with Crippen LogP contribution in [0.4, 0.5) is 0 Å². The van der Waals surface area contributed by atoms with Gasteiger partial charge in [0.2, 0.25) is 0 Å². The van der Waals surface area contributed by atoms with Crippen LogP contribution in [-0.4, -0.2) is 37.2 Å². The van der Waals surface area contributed by atoms with Gasteiger partial charge < -0.3 is 14.2 Å². The molecule has 0 saturated carbocycles. The normalized spacial score (nSPS) is 12.9. The number of ether oxygens (including phenoxy) is 3. The first-order valence-corrected chi connectivity index (χ1v) is 24.7. The van der Waals surface area contributed by atoms with Crippen molar-refractivity contribution in [2.24, 2.45) is 0 Å². The summed E-state index contributed by atoms with van der Waals surface area (Å²) in [6, 6.07) is 0. The lowest BCUT2D eigenvalue weighted by Gasteiger charge is -2.18. The van der Waals surface area contributed by atoms with Crippen molar-refractivity contribution < 1.29 is 28.6 Å². The van der Waals surface area contributed by atoms with E-state index in [0.717, 1.165) is 128 Å². The Hall–Kier alpha value is -3.67. The number of carbonyl (C=O) groups excluding carboxylic acids is 3. The lowest BCUT2D eigenvalue weighted by molar-refractivity contribution is -0.167. The molecule has 0 aromatic carbocycles. The van der Waals surface area contributed by atoms with Gasteiger partial charge in [-0.25, -0.2) is 0 Å². The van der Waals surface area contributed by atoms with Crippen molar-refractivity contribution in [1.82, 2.24) is 0 Å². The van der Waals surface area contributed by atoms with Crippen molar-refractivity contribution in [2.45, 2.75) is 219 Å². The zero-order chi connectivity index (χ0) is 44.4. The monoisotopic (exact) mass is 847 g/mol. The van der Waals surface area contributed by atoms with Crippen LogP contribution < -0.4 is 0 Å². The zero-order valence-electron chi connectivity index (χ0n) is 39.4. The predicted octanol–water partition coefficient (Wildman–Crippen LogP) is 16.2. The molecule has 0 aromatic heterocycles. The number of unbranched alkanes of at least 4 members (excludes halogenated alkanes) is 16. The minimum absolute atomic E-state index is 0.0974. The smallest absolute Gasteiger partial charge is 0.306 e. The fourth-order valence-electron chi connectivity index (χ4n) is 6.42.